The van der Waals surface area contributed by atoms with Crippen molar-refractivity contribution in [1.29, 1.82) is 0 Å². The van der Waals surface area contributed by atoms with Crippen molar-refractivity contribution in [2.75, 3.05) is 5.32 Å². The summed E-state index contributed by atoms with van der Waals surface area (Å²) in [5.41, 5.74) is 1.42. The normalized spacial score (nSPS) is 10.9. The van der Waals surface area contributed by atoms with Gasteiger partial charge < -0.3 is 10.1 Å². The van der Waals surface area contributed by atoms with E-state index in [1.54, 1.807) is 30.5 Å². The Kier molecular flexibility index (Phi) is 5.53. The van der Waals surface area contributed by atoms with Crippen LogP contribution < -0.4 is 15.6 Å². The van der Waals surface area contributed by atoms with Gasteiger partial charge in [0.2, 0.25) is 11.8 Å². The molecule has 0 aliphatic heterocycles. The monoisotopic (exact) mass is 421 g/mol. The molecule has 0 fully saturated rings. The molecule has 0 atom stereocenters. The van der Waals surface area contributed by atoms with Gasteiger partial charge in [-0.3, -0.25) is 19.1 Å². The summed E-state index contributed by atoms with van der Waals surface area (Å²) in [5, 5.41) is 3.46. The number of anilines is 1. The van der Waals surface area contributed by atoms with Crippen LogP contribution in [0.15, 0.2) is 54.0 Å². The number of rotatable bonds is 6. The number of hydrogen-bond acceptors (Lipinski definition) is 7. The highest BCUT2D eigenvalue weighted by Gasteiger charge is 2.13. The Bertz CT molecular complexity index is 1270. The minimum absolute atomic E-state index is 0.117. The Labute approximate surface area is 176 Å². The molecule has 0 spiro atoms. The van der Waals surface area contributed by atoms with Crippen LogP contribution in [0.2, 0.25) is 0 Å². The maximum atomic E-state index is 12.7. The molecule has 1 amide bonds. The summed E-state index contributed by atoms with van der Waals surface area (Å²) in [6, 6.07) is 6.99. The molecule has 3 heterocycles. The summed E-state index contributed by atoms with van der Waals surface area (Å²) >= 11 is 1.51. The van der Waals surface area contributed by atoms with Crippen LogP contribution in [0.25, 0.3) is 10.2 Å². The van der Waals surface area contributed by atoms with E-state index in [0.29, 0.717) is 22.7 Å². The molecule has 0 aliphatic carbocycles. The molecular weight excluding hydrogens is 402 g/mol. The minimum Gasteiger partial charge on any atom is -0.437 e. The van der Waals surface area contributed by atoms with Gasteiger partial charge in [-0.15, -0.1) is 11.3 Å². The van der Waals surface area contributed by atoms with Crippen LogP contribution in [0, 0.1) is 13.8 Å². The number of thiophene rings is 1. The number of aryl methyl sites for hydroxylation is 3. The summed E-state index contributed by atoms with van der Waals surface area (Å²) in [7, 11) is 0. The van der Waals surface area contributed by atoms with Crippen LogP contribution in [0.4, 0.5) is 5.69 Å². The average molecular weight is 421 g/mol. The first kappa shape index (κ1) is 19.7. The quantitative estimate of drug-likeness (QED) is 0.510. The molecule has 152 valence electrons. The van der Waals surface area contributed by atoms with E-state index in [4.69, 9.17) is 4.74 Å². The lowest BCUT2D eigenvalue weighted by molar-refractivity contribution is -0.116. The second kappa shape index (κ2) is 8.42. The maximum Gasteiger partial charge on any atom is 0.262 e. The number of ether oxygens (including phenoxy) is 1. The highest BCUT2D eigenvalue weighted by atomic mass is 32.1. The van der Waals surface area contributed by atoms with E-state index in [1.807, 2.05) is 13.8 Å². The summed E-state index contributed by atoms with van der Waals surface area (Å²) in [4.78, 5) is 39.3. The van der Waals surface area contributed by atoms with Crippen LogP contribution in [0.1, 0.15) is 16.9 Å². The Morgan fingerprint density at radius 3 is 2.90 bits per heavy atom. The molecule has 3 aromatic heterocycles. The molecule has 4 aromatic rings. The van der Waals surface area contributed by atoms with Gasteiger partial charge >= 0.3 is 0 Å². The SMILES string of the molecule is Cc1sc2ncn(CCC(=O)Nc3cccc(Oc4cnccn4)c3)c(=O)c2c1C. The van der Waals surface area contributed by atoms with E-state index >= 15 is 0 Å². The van der Waals surface area contributed by atoms with Gasteiger partial charge in [-0.05, 0) is 31.5 Å². The van der Waals surface area contributed by atoms with Crippen LogP contribution in [0.3, 0.4) is 0 Å². The van der Waals surface area contributed by atoms with E-state index in [1.165, 1.54) is 34.6 Å². The molecule has 0 bridgehead atoms. The van der Waals surface area contributed by atoms with E-state index in [-0.39, 0.29) is 24.4 Å². The predicted molar refractivity (Wildman–Crippen MR) is 115 cm³/mol. The maximum absolute atomic E-state index is 12.7. The zero-order valence-corrected chi connectivity index (χ0v) is 17.3. The summed E-state index contributed by atoms with van der Waals surface area (Å²) < 4.78 is 7.10. The standard InChI is InChI=1S/C21H19N5O3S/c1-13-14(2)30-20-19(13)21(28)26(12-24-20)9-6-17(27)25-15-4-3-5-16(10-15)29-18-11-22-7-8-23-18/h3-5,7-8,10-12H,6,9H2,1-2H3,(H,25,27). The first-order chi connectivity index (χ1) is 14.5. The van der Waals surface area contributed by atoms with Crippen molar-refractivity contribution in [3.8, 4) is 11.6 Å². The number of benzene rings is 1. The zero-order valence-electron chi connectivity index (χ0n) is 16.5. The van der Waals surface area contributed by atoms with Crippen LogP contribution >= 0.6 is 11.3 Å². The molecule has 0 radical (unpaired) electrons. The number of hydrogen-bond donors (Lipinski definition) is 1. The fourth-order valence-corrected chi connectivity index (χ4v) is 3.96. The average Bonchev–Trinajstić information content (AvgIpc) is 3.03. The first-order valence-corrected chi connectivity index (χ1v) is 10.1. The van der Waals surface area contributed by atoms with Gasteiger partial charge in [-0.2, -0.15) is 0 Å². The number of nitrogens with one attached hydrogen (secondary N) is 1. The van der Waals surface area contributed by atoms with E-state index < -0.39 is 0 Å². The van der Waals surface area contributed by atoms with E-state index in [2.05, 4.69) is 20.3 Å². The molecule has 8 nitrogen and oxygen atoms in total. The Morgan fingerprint density at radius 2 is 2.10 bits per heavy atom. The fourth-order valence-electron chi connectivity index (χ4n) is 2.97. The lowest BCUT2D eigenvalue weighted by Crippen LogP contribution is -2.23. The Morgan fingerprint density at radius 1 is 1.23 bits per heavy atom. The lowest BCUT2D eigenvalue weighted by Gasteiger charge is -2.09. The third-order valence-corrected chi connectivity index (χ3v) is 5.73. The molecule has 0 aliphatic rings. The van der Waals surface area contributed by atoms with Crippen molar-refractivity contribution >= 4 is 33.1 Å². The van der Waals surface area contributed by atoms with Crippen molar-refractivity contribution in [2.45, 2.75) is 26.8 Å². The third-order valence-electron chi connectivity index (χ3n) is 4.62. The van der Waals surface area contributed by atoms with Crippen LogP contribution in [0.5, 0.6) is 11.6 Å². The van der Waals surface area contributed by atoms with Crippen molar-refractivity contribution in [1.82, 2.24) is 19.5 Å². The molecule has 1 aromatic carbocycles. The molecule has 30 heavy (non-hydrogen) atoms. The highest BCUT2D eigenvalue weighted by Crippen LogP contribution is 2.25. The van der Waals surface area contributed by atoms with Gasteiger partial charge in [-0.1, -0.05) is 6.07 Å². The summed E-state index contributed by atoms with van der Waals surface area (Å²) in [6.07, 6.45) is 6.24. The summed E-state index contributed by atoms with van der Waals surface area (Å²) in [5.74, 6) is 0.682. The van der Waals surface area contributed by atoms with Crippen LogP contribution in [-0.2, 0) is 11.3 Å². The van der Waals surface area contributed by atoms with Crippen LogP contribution in [-0.4, -0.2) is 25.4 Å². The Balaban J connectivity index is 1.41. The van der Waals surface area contributed by atoms with Gasteiger partial charge in [0.15, 0.2) is 0 Å². The van der Waals surface area contributed by atoms with Gasteiger partial charge in [0.05, 0.1) is 17.9 Å². The first-order valence-electron chi connectivity index (χ1n) is 9.30. The molecular formula is C21H19N5O3S. The van der Waals surface area contributed by atoms with Crippen molar-refractivity contribution in [3.63, 3.8) is 0 Å². The largest absolute Gasteiger partial charge is 0.437 e. The van der Waals surface area contributed by atoms with Gasteiger partial charge in [0.1, 0.15) is 10.6 Å². The number of nitrogens with zero attached hydrogens (tertiary/aromatic N) is 4. The number of amides is 1. The number of fused-ring (bicyclic) bond motifs is 1. The van der Waals surface area contributed by atoms with Gasteiger partial charge in [0.25, 0.3) is 5.56 Å². The fraction of sp³-hybridized carbons (Fsp3) is 0.190. The lowest BCUT2D eigenvalue weighted by atomic mass is 10.2. The topological polar surface area (TPSA) is 99.0 Å². The summed E-state index contributed by atoms with van der Waals surface area (Å²) in [6.45, 7) is 4.14. The van der Waals surface area contributed by atoms with E-state index in [9.17, 15) is 9.59 Å². The number of carbonyl (C=O) groups excluding carboxylic acids is 1. The Hall–Kier alpha value is -3.59. The molecule has 9 heteroatoms. The van der Waals surface area contributed by atoms with Crippen molar-refractivity contribution in [2.24, 2.45) is 0 Å². The zero-order chi connectivity index (χ0) is 21.1. The molecule has 0 saturated heterocycles. The molecule has 0 unspecified atom stereocenters. The van der Waals surface area contributed by atoms with Crippen molar-refractivity contribution in [3.05, 3.63) is 70.0 Å². The van der Waals surface area contributed by atoms with Gasteiger partial charge in [0, 0.05) is 42.0 Å². The molecule has 4 rings (SSSR count). The molecule has 1 N–H and O–H groups in total. The molecule has 0 saturated carbocycles. The minimum atomic E-state index is -0.211. The number of carbonyl (C=O) groups is 1. The second-order valence-electron chi connectivity index (χ2n) is 6.68. The van der Waals surface area contributed by atoms with Crippen molar-refractivity contribution < 1.29 is 9.53 Å². The van der Waals surface area contributed by atoms with E-state index in [0.717, 1.165) is 15.3 Å². The third kappa shape index (κ3) is 4.20. The highest BCUT2D eigenvalue weighted by molar-refractivity contribution is 7.18. The smallest absolute Gasteiger partial charge is 0.262 e. The second-order valence-corrected chi connectivity index (χ2v) is 7.88. The number of aromatic nitrogens is 4. The predicted octanol–water partition coefficient (Wildman–Crippen LogP) is 3.69. The van der Waals surface area contributed by atoms with Gasteiger partial charge in [-0.25, -0.2) is 9.97 Å².